The Hall–Kier alpha value is -0.860. The number of hydrogen-bond acceptors (Lipinski definition) is 2. The Kier molecular flexibility index (Phi) is 3.16. The van der Waals surface area contributed by atoms with Crippen molar-refractivity contribution in [1.29, 1.82) is 0 Å². The van der Waals surface area contributed by atoms with Crippen LogP contribution in [0.5, 0.6) is 0 Å². The molecular weight excluding hydrogens is 222 g/mol. The zero-order valence-corrected chi connectivity index (χ0v) is 11.2. The standard InChI is InChI=1S/C16H23NO/c1-2-13-5-7-14(8-6-13)16(18)9-11-17-10-3-4-15(17)12-16/h5-8,15,18H,2-4,9-12H2,1H3. The number of nitrogens with zero attached hydrogens (tertiary/aromatic N) is 1. The average molecular weight is 245 g/mol. The van der Waals surface area contributed by atoms with Gasteiger partial charge < -0.3 is 10.0 Å². The number of fused-ring (bicyclic) bond motifs is 1. The summed E-state index contributed by atoms with van der Waals surface area (Å²) in [6.45, 7) is 4.45. The minimum absolute atomic E-state index is 0.586. The Balaban J connectivity index is 1.80. The Morgan fingerprint density at radius 2 is 2.06 bits per heavy atom. The molecule has 0 amide bonds. The van der Waals surface area contributed by atoms with Crippen molar-refractivity contribution < 1.29 is 5.11 Å². The van der Waals surface area contributed by atoms with Crippen LogP contribution in [0.2, 0.25) is 0 Å². The average Bonchev–Trinajstić information content (AvgIpc) is 2.86. The summed E-state index contributed by atoms with van der Waals surface area (Å²) < 4.78 is 0. The summed E-state index contributed by atoms with van der Waals surface area (Å²) in [5.41, 5.74) is 1.88. The molecule has 2 saturated heterocycles. The molecule has 0 bridgehead atoms. The lowest BCUT2D eigenvalue weighted by Gasteiger charge is -2.41. The van der Waals surface area contributed by atoms with Crippen LogP contribution in [0, 0.1) is 0 Å². The van der Waals surface area contributed by atoms with E-state index in [1.807, 2.05) is 0 Å². The van der Waals surface area contributed by atoms with E-state index < -0.39 is 5.60 Å². The molecule has 1 aromatic rings. The first-order valence-electron chi connectivity index (χ1n) is 7.27. The lowest BCUT2D eigenvalue weighted by molar-refractivity contribution is -0.0409. The van der Waals surface area contributed by atoms with Gasteiger partial charge in [0, 0.05) is 12.6 Å². The van der Waals surface area contributed by atoms with E-state index in [2.05, 4.69) is 36.1 Å². The second-order valence-electron chi connectivity index (χ2n) is 5.87. The molecule has 18 heavy (non-hydrogen) atoms. The maximum atomic E-state index is 10.9. The predicted octanol–water partition coefficient (Wildman–Crippen LogP) is 2.69. The first-order chi connectivity index (χ1) is 8.71. The molecule has 2 heteroatoms. The SMILES string of the molecule is CCc1ccc(C2(O)CCN3CCCC3C2)cc1. The van der Waals surface area contributed by atoms with Gasteiger partial charge >= 0.3 is 0 Å². The summed E-state index contributed by atoms with van der Waals surface area (Å²) in [5, 5.41) is 10.9. The molecule has 0 radical (unpaired) electrons. The lowest BCUT2D eigenvalue weighted by atomic mass is 9.81. The van der Waals surface area contributed by atoms with Gasteiger partial charge in [-0.25, -0.2) is 0 Å². The largest absolute Gasteiger partial charge is 0.385 e. The van der Waals surface area contributed by atoms with Gasteiger partial charge in [0.25, 0.3) is 0 Å². The molecule has 2 aliphatic heterocycles. The normalized spacial score (nSPS) is 32.4. The Morgan fingerprint density at radius 3 is 2.78 bits per heavy atom. The zero-order valence-electron chi connectivity index (χ0n) is 11.2. The van der Waals surface area contributed by atoms with E-state index in [0.717, 1.165) is 31.4 Å². The van der Waals surface area contributed by atoms with Gasteiger partial charge in [0.15, 0.2) is 0 Å². The number of benzene rings is 1. The summed E-state index contributed by atoms with van der Waals surface area (Å²) in [6, 6.07) is 9.19. The third-order valence-electron chi connectivity index (χ3n) is 4.78. The smallest absolute Gasteiger partial charge is 0.0923 e. The minimum atomic E-state index is -0.586. The molecule has 2 aliphatic rings. The van der Waals surface area contributed by atoms with Crippen molar-refractivity contribution in [2.24, 2.45) is 0 Å². The monoisotopic (exact) mass is 245 g/mol. The Morgan fingerprint density at radius 1 is 1.28 bits per heavy atom. The molecule has 2 unspecified atom stereocenters. The van der Waals surface area contributed by atoms with Crippen molar-refractivity contribution in [3.05, 3.63) is 35.4 Å². The van der Waals surface area contributed by atoms with E-state index in [0.29, 0.717) is 6.04 Å². The van der Waals surface area contributed by atoms with Gasteiger partial charge in [-0.3, -0.25) is 0 Å². The van der Waals surface area contributed by atoms with Crippen LogP contribution in [-0.2, 0) is 12.0 Å². The predicted molar refractivity (Wildman–Crippen MR) is 73.5 cm³/mol. The van der Waals surface area contributed by atoms with E-state index in [-0.39, 0.29) is 0 Å². The van der Waals surface area contributed by atoms with Gasteiger partial charge in [0.1, 0.15) is 0 Å². The fourth-order valence-electron chi connectivity index (χ4n) is 3.55. The van der Waals surface area contributed by atoms with Gasteiger partial charge in [-0.05, 0) is 49.8 Å². The van der Waals surface area contributed by atoms with Crippen LogP contribution in [0.4, 0.5) is 0 Å². The highest BCUT2D eigenvalue weighted by Gasteiger charge is 2.41. The highest BCUT2D eigenvalue weighted by molar-refractivity contribution is 5.28. The lowest BCUT2D eigenvalue weighted by Crippen LogP contribution is -2.45. The van der Waals surface area contributed by atoms with Crippen LogP contribution in [0.15, 0.2) is 24.3 Å². The van der Waals surface area contributed by atoms with Gasteiger partial charge in [0.2, 0.25) is 0 Å². The summed E-state index contributed by atoms with van der Waals surface area (Å²) in [6.07, 6.45) is 5.42. The molecule has 2 atom stereocenters. The summed E-state index contributed by atoms with van der Waals surface area (Å²) in [5.74, 6) is 0. The van der Waals surface area contributed by atoms with Gasteiger partial charge in [0.05, 0.1) is 5.60 Å². The van der Waals surface area contributed by atoms with Crippen molar-refractivity contribution in [3.63, 3.8) is 0 Å². The van der Waals surface area contributed by atoms with Crippen LogP contribution < -0.4 is 0 Å². The Bertz CT molecular complexity index is 414. The van der Waals surface area contributed by atoms with Crippen LogP contribution >= 0.6 is 0 Å². The molecule has 0 aliphatic carbocycles. The number of rotatable bonds is 2. The van der Waals surface area contributed by atoms with Gasteiger partial charge in [-0.15, -0.1) is 0 Å². The van der Waals surface area contributed by atoms with Gasteiger partial charge in [-0.2, -0.15) is 0 Å². The molecule has 2 nitrogen and oxygen atoms in total. The van der Waals surface area contributed by atoms with E-state index in [4.69, 9.17) is 0 Å². The second kappa shape index (κ2) is 4.67. The van der Waals surface area contributed by atoms with Crippen molar-refractivity contribution in [1.82, 2.24) is 4.90 Å². The van der Waals surface area contributed by atoms with E-state index in [1.54, 1.807) is 0 Å². The van der Waals surface area contributed by atoms with E-state index in [1.165, 1.54) is 24.9 Å². The Labute approximate surface area is 110 Å². The molecule has 1 aromatic carbocycles. The summed E-state index contributed by atoms with van der Waals surface area (Å²) in [4.78, 5) is 2.55. The van der Waals surface area contributed by atoms with Crippen LogP contribution in [-0.4, -0.2) is 29.1 Å². The molecule has 1 N–H and O–H groups in total. The highest BCUT2D eigenvalue weighted by Crippen LogP contribution is 2.39. The highest BCUT2D eigenvalue weighted by atomic mass is 16.3. The van der Waals surface area contributed by atoms with Crippen molar-refractivity contribution in [3.8, 4) is 0 Å². The van der Waals surface area contributed by atoms with Crippen molar-refractivity contribution in [2.75, 3.05) is 13.1 Å². The van der Waals surface area contributed by atoms with Gasteiger partial charge in [-0.1, -0.05) is 31.2 Å². The fraction of sp³-hybridized carbons (Fsp3) is 0.625. The quantitative estimate of drug-likeness (QED) is 0.866. The van der Waals surface area contributed by atoms with Crippen LogP contribution in [0.1, 0.15) is 43.7 Å². The fourth-order valence-corrected chi connectivity index (χ4v) is 3.55. The van der Waals surface area contributed by atoms with E-state index >= 15 is 0 Å². The maximum absolute atomic E-state index is 10.9. The first-order valence-corrected chi connectivity index (χ1v) is 7.27. The molecule has 0 saturated carbocycles. The topological polar surface area (TPSA) is 23.5 Å². The number of hydrogen-bond donors (Lipinski definition) is 1. The molecule has 0 spiro atoms. The summed E-state index contributed by atoms with van der Waals surface area (Å²) >= 11 is 0. The number of aliphatic hydroxyl groups is 1. The minimum Gasteiger partial charge on any atom is -0.385 e. The molecule has 0 aromatic heterocycles. The first kappa shape index (κ1) is 12.2. The molecular formula is C16H23NO. The third-order valence-corrected chi connectivity index (χ3v) is 4.78. The number of piperidine rings is 1. The molecule has 2 fully saturated rings. The molecule has 2 heterocycles. The van der Waals surface area contributed by atoms with E-state index in [9.17, 15) is 5.11 Å². The maximum Gasteiger partial charge on any atom is 0.0923 e. The summed E-state index contributed by atoms with van der Waals surface area (Å²) in [7, 11) is 0. The third kappa shape index (κ3) is 2.08. The van der Waals surface area contributed by atoms with Crippen molar-refractivity contribution >= 4 is 0 Å². The van der Waals surface area contributed by atoms with Crippen LogP contribution in [0.25, 0.3) is 0 Å². The van der Waals surface area contributed by atoms with Crippen LogP contribution in [0.3, 0.4) is 0 Å². The zero-order chi connectivity index (χ0) is 12.6. The van der Waals surface area contributed by atoms with Crippen molar-refractivity contribution in [2.45, 2.75) is 50.7 Å². The molecule has 98 valence electrons. The number of aryl methyl sites for hydroxylation is 1. The second-order valence-corrected chi connectivity index (χ2v) is 5.87. The molecule has 3 rings (SSSR count).